The number of hydrogen-bond donors (Lipinski definition) is 2. The number of aromatic nitrogens is 3. The van der Waals surface area contributed by atoms with Gasteiger partial charge in [-0.05, 0) is 62.8 Å². The number of likely N-dealkylation sites (tertiary alicyclic amines) is 1. The second kappa shape index (κ2) is 10.2. The lowest BCUT2D eigenvalue weighted by molar-refractivity contribution is -0.119. The lowest BCUT2D eigenvalue weighted by atomic mass is 10.0. The van der Waals surface area contributed by atoms with E-state index in [4.69, 9.17) is 15.6 Å². The SMILES string of the molecule is Cc1c(-c2cc3cccc(OC[C@@H]4CCC(=O)N4)c3n2CC2CC2)nn2cc(C(=O)N3C[C@H](N)C[C@@H](F)C3)ccc12. The predicted octanol–water partition coefficient (Wildman–Crippen LogP) is 3.84. The standard InChI is InChI=1S/C31H35FN6O3/c1-18-25-9-7-21(31(40)36-15-22(32)12-23(33)16-36)14-38(25)35-29(18)26-11-20-3-2-4-27(30(20)37(26)13-19-5-6-19)41-17-24-8-10-28(39)34-24/h2-4,7,9,11,14,19,22-24H,5-6,8,10,12-13,15-17,33H2,1H3,(H,34,39)/t22-,23-,24+/m1/s1. The van der Waals surface area contributed by atoms with Crippen molar-refractivity contribution in [1.29, 1.82) is 0 Å². The van der Waals surface area contributed by atoms with E-state index >= 15 is 0 Å². The molecule has 7 rings (SSSR count). The van der Waals surface area contributed by atoms with Gasteiger partial charge in [0.2, 0.25) is 5.91 Å². The first-order chi connectivity index (χ1) is 19.8. The Hall–Kier alpha value is -3.92. The van der Waals surface area contributed by atoms with E-state index in [2.05, 4.69) is 28.9 Å². The highest BCUT2D eigenvalue weighted by molar-refractivity contribution is 5.95. The number of ether oxygens (including phenoxy) is 1. The maximum atomic E-state index is 14.1. The minimum absolute atomic E-state index is 0.0260. The minimum Gasteiger partial charge on any atom is -0.489 e. The summed E-state index contributed by atoms with van der Waals surface area (Å²) in [5.41, 5.74) is 11.3. The molecule has 3 aromatic heterocycles. The van der Waals surface area contributed by atoms with Gasteiger partial charge in [-0.1, -0.05) is 12.1 Å². The number of piperidine rings is 1. The topological polar surface area (TPSA) is 107 Å². The second-order valence-electron chi connectivity index (χ2n) is 11.9. The Morgan fingerprint density at radius 3 is 2.80 bits per heavy atom. The van der Waals surface area contributed by atoms with Gasteiger partial charge in [-0.15, -0.1) is 0 Å². The van der Waals surface area contributed by atoms with E-state index in [0.717, 1.165) is 52.1 Å². The van der Waals surface area contributed by atoms with Crippen molar-refractivity contribution in [2.24, 2.45) is 11.7 Å². The highest BCUT2D eigenvalue weighted by Crippen LogP contribution is 2.40. The van der Waals surface area contributed by atoms with Crippen molar-refractivity contribution in [1.82, 2.24) is 24.4 Å². The van der Waals surface area contributed by atoms with Crippen LogP contribution in [0.2, 0.25) is 0 Å². The number of pyridine rings is 1. The summed E-state index contributed by atoms with van der Waals surface area (Å²) in [5.74, 6) is 1.26. The lowest BCUT2D eigenvalue weighted by Crippen LogP contribution is -2.50. The molecule has 1 saturated carbocycles. The zero-order valence-corrected chi connectivity index (χ0v) is 23.2. The summed E-state index contributed by atoms with van der Waals surface area (Å²) in [7, 11) is 0. The number of aryl methyl sites for hydroxylation is 1. The highest BCUT2D eigenvalue weighted by Gasteiger charge is 2.30. The molecule has 3 aliphatic rings. The molecule has 3 atom stereocenters. The molecule has 10 heteroatoms. The fourth-order valence-electron chi connectivity index (χ4n) is 6.31. The largest absolute Gasteiger partial charge is 0.489 e. The zero-order valence-electron chi connectivity index (χ0n) is 23.2. The van der Waals surface area contributed by atoms with Gasteiger partial charge in [0.1, 0.15) is 24.2 Å². The number of fused-ring (bicyclic) bond motifs is 2. The number of rotatable bonds is 7. The van der Waals surface area contributed by atoms with Gasteiger partial charge >= 0.3 is 0 Å². The van der Waals surface area contributed by atoms with E-state index in [1.165, 1.54) is 17.7 Å². The number of carbonyl (C=O) groups is 2. The molecule has 0 bridgehead atoms. The maximum Gasteiger partial charge on any atom is 0.255 e. The number of halogens is 1. The van der Waals surface area contributed by atoms with Crippen LogP contribution in [-0.4, -0.2) is 68.8 Å². The van der Waals surface area contributed by atoms with Gasteiger partial charge in [-0.3, -0.25) is 9.59 Å². The maximum absolute atomic E-state index is 14.1. The Morgan fingerprint density at radius 1 is 1.20 bits per heavy atom. The molecule has 4 aromatic rings. The van der Waals surface area contributed by atoms with Gasteiger partial charge in [-0.25, -0.2) is 8.91 Å². The molecular weight excluding hydrogens is 523 g/mol. The van der Waals surface area contributed by atoms with Crippen LogP contribution in [0.1, 0.15) is 48.0 Å². The fraction of sp³-hybridized carbons (Fsp3) is 0.452. The average molecular weight is 559 g/mol. The number of hydrogen-bond acceptors (Lipinski definition) is 5. The van der Waals surface area contributed by atoms with Crippen molar-refractivity contribution in [2.45, 2.75) is 63.8 Å². The van der Waals surface area contributed by atoms with E-state index in [1.807, 2.05) is 18.2 Å². The fourth-order valence-corrected chi connectivity index (χ4v) is 6.31. The van der Waals surface area contributed by atoms with Gasteiger partial charge < -0.3 is 25.3 Å². The lowest BCUT2D eigenvalue weighted by Gasteiger charge is -2.32. The molecule has 3 fully saturated rings. The van der Waals surface area contributed by atoms with Gasteiger partial charge in [0.15, 0.2) is 0 Å². The molecule has 0 unspecified atom stereocenters. The normalized spacial score (nSPS) is 23.0. The third-order valence-corrected chi connectivity index (χ3v) is 8.63. The molecule has 1 aromatic carbocycles. The van der Waals surface area contributed by atoms with E-state index in [1.54, 1.807) is 16.8 Å². The molecule has 41 heavy (non-hydrogen) atoms. The van der Waals surface area contributed by atoms with E-state index < -0.39 is 6.17 Å². The first kappa shape index (κ1) is 26.0. The van der Waals surface area contributed by atoms with Gasteiger partial charge in [0.25, 0.3) is 5.91 Å². The summed E-state index contributed by atoms with van der Waals surface area (Å²) >= 11 is 0. The summed E-state index contributed by atoms with van der Waals surface area (Å²) in [4.78, 5) is 26.4. The van der Waals surface area contributed by atoms with Gasteiger partial charge in [-0.2, -0.15) is 5.10 Å². The van der Waals surface area contributed by atoms with Gasteiger partial charge in [0, 0.05) is 42.7 Å². The van der Waals surface area contributed by atoms with Crippen LogP contribution in [0.3, 0.4) is 0 Å². The van der Waals surface area contributed by atoms with Crippen LogP contribution in [-0.2, 0) is 11.3 Å². The Morgan fingerprint density at radius 2 is 2.05 bits per heavy atom. The molecule has 5 heterocycles. The summed E-state index contributed by atoms with van der Waals surface area (Å²) in [6.07, 6.45) is 4.64. The van der Waals surface area contributed by atoms with Crippen molar-refractivity contribution in [3.8, 4) is 17.1 Å². The van der Waals surface area contributed by atoms with E-state index in [-0.39, 0.29) is 36.9 Å². The molecule has 0 radical (unpaired) electrons. The molecule has 0 spiro atoms. The monoisotopic (exact) mass is 558 g/mol. The number of para-hydroxylation sites is 1. The summed E-state index contributed by atoms with van der Waals surface area (Å²) in [6.45, 7) is 3.77. The Balaban J connectivity index is 1.25. The first-order valence-electron chi connectivity index (χ1n) is 14.6. The minimum atomic E-state index is -1.11. The van der Waals surface area contributed by atoms with Crippen LogP contribution in [0.15, 0.2) is 42.6 Å². The summed E-state index contributed by atoms with van der Waals surface area (Å²) < 4.78 is 24.5. The third kappa shape index (κ3) is 4.94. The van der Waals surface area contributed by atoms with Crippen LogP contribution in [0.25, 0.3) is 27.8 Å². The first-order valence-corrected chi connectivity index (χ1v) is 14.6. The van der Waals surface area contributed by atoms with E-state index in [9.17, 15) is 14.0 Å². The molecular formula is C31H35FN6O3. The number of benzene rings is 1. The second-order valence-corrected chi connectivity index (χ2v) is 11.9. The van der Waals surface area contributed by atoms with E-state index in [0.29, 0.717) is 31.1 Å². The van der Waals surface area contributed by atoms with Crippen LogP contribution >= 0.6 is 0 Å². The smallest absolute Gasteiger partial charge is 0.255 e. The molecule has 1 aliphatic carbocycles. The third-order valence-electron chi connectivity index (χ3n) is 8.63. The Labute approximate surface area is 237 Å². The Kier molecular flexibility index (Phi) is 6.45. The number of alkyl halides is 1. The van der Waals surface area contributed by atoms with Crippen LogP contribution in [0.5, 0.6) is 5.75 Å². The number of nitrogens with zero attached hydrogens (tertiary/aromatic N) is 4. The molecule has 3 N–H and O–H groups in total. The number of carbonyl (C=O) groups excluding carboxylic acids is 2. The van der Waals surface area contributed by atoms with Crippen molar-refractivity contribution in [3.05, 3.63) is 53.7 Å². The predicted molar refractivity (Wildman–Crippen MR) is 154 cm³/mol. The molecule has 2 saturated heterocycles. The quantitative estimate of drug-likeness (QED) is 0.359. The number of nitrogens with one attached hydrogen (secondary N) is 1. The molecule has 2 aliphatic heterocycles. The van der Waals surface area contributed by atoms with Crippen molar-refractivity contribution in [3.63, 3.8) is 0 Å². The van der Waals surface area contributed by atoms with Crippen LogP contribution < -0.4 is 15.8 Å². The molecule has 2 amide bonds. The Bertz CT molecular complexity index is 1650. The van der Waals surface area contributed by atoms with Gasteiger partial charge in [0.05, 0.1) is 34.9 Å². The highest BCUT2D eigenvalue weighted by atomic mass is 19.1. The molecule has 214 valence electrons. The zero-order chi connectivity index (χ0) is 28.2. The van der Waals surface area contributed by atoms with Crippen LogP contribution in [0, 0.1) is 12.8 Å². The number of nitrogens with two attached hydrogens (primary N) is 1. The summed E-state index contributed by atoms with van der Waals surface area (Å²) in [5, 5.41) is 9.03. The van der Waals surface area contributed by atoms with Crippen LogP contribution in [0.4, 0.5) is 4.39 Å². The molecule has 9 nitrogen and oxygen atoms in total. The van der Waals surface area contributed by atoms with Crippen molar-refractivity contribution >= 4 is 28.2 Å². The number of amides is 2. The van der Waals surface area contributed by atoms with Crippen molar-refractivity contribution < 1.29 is 18.7 Å². The average Bonchev–Trinajstić information content (AvgIpc) is 3.42. The van der Waals surface area contributed by atoms with Crippen molar-refractivity contribution in [2.75, 3.05) is 19.7 Å². The summed E-state index contributed by atoms with van der Waals surface area (Å²) in [6, 6.07) is 11.6.